The van der Waals surface area contributed by atoms with Gasteiger partial charge >= 0.3 is 0 Å². The number of halogens is 1. The average Bonchev–Trinajstić information content (AvgIpc) is 3.30. The van der Waals surface area contributed by atoms with E-state index in [1.165, 1.54) is 12.1 Å². The van der Waals surface area contributed by atoms with Crippen LogP contribution in [0.2, 0.25) is 0 Å². The highest BCUT2D eigenvalue weighted by molar-refractivity contribution is 7.91. The molecule has 0 fully saturated rings. The van der Waals surface area contributed by atoms with Gasteiger partial charge in [-0.05, 0) is 36.4 Å². The number of hydrogen-bond donors (Lipinski definition) is 2. The van der Waals surface area contributed by atoms with Crippen LogP contribution in [0, 0.1) is 5.82 Å². The Morgan fingerprint density at radius 3 is 2.41 bits per heavy atom. The van der Waals surface area contributed by atoms with E-state index in [0.29, 0.717) is 17.0 Å². The zero-order chi connectivity index (χ0) is 23.7. The van der Waals surface area contributed by atoms with Gasteiger partial charge in [0.15, 0.2) is 9.84 Å². The quantitative estimate of drug-likeness (QED) is 0.340. The molecule has 0 aliphatic carbocycles. The summed E-state index contributed by atoms with van der Waals surface area (Å²) in [7, 11) is -3.56. The van der Waals surface area contributed by atoms with E-state index in [2.05, 4.69) is 16.0 Å². The number of para-hydroxylation sites is 1. The third-order valence-electron chi connectivity index (χ3n) is 5.41. The second-order valence-electron chi connectivity index (χ2n) is 7.66. The maximum absolute atomic E-state index is 13.8. The molecule has 0 spiro atoms. The number of carbonyl (C=O) groups is 1. The Kier molecular flexibility index (Phi) is 5.46. The fourth-order valence-electron chi connectivity index (χ4n) is 3.75. The number of fused-ring (bicyclic) bond motifs is 1. The second-order valence-corrected chi connectivity index (χ2v) is 9.66. The lowest BCUT2D eigenvalue weighted by atomic mass is 10.1. The van der Waals surface area contributed by atoms with Crippen LogP contribution in [0.1, 0.15) is 15.9 Å². The molecule has 170 valence electrons. The number of nitrogens with zero attached hydrogens (tertiary/aromatic N) is 2. The molecule has 1 aliphatic rings. The molecule has 0 saturated heterocycles. The minimum Gasteiger partial charge on any atom is -0.298 e. The molecule has 34 heavy (non-hydrogen) atoms. The Labute approximate surface area is 195 Å². The summed E-state index contributed by atoms with van der Waals surface area (Å²) in [5, 5.41) is 4.62. The van der Waals surface area contributed by atoms with Crippen molar-refractivity contribution in [3.63, 3.8) is 0 Å². The normalized spacial score (nSPS) is 14.1. The van der Waals surface area contributed by atoms with E-state index in [-0.39, 0.29) is 16.2 Å². The molecule has 1 amide bonds. The summed E-state index contributed by atoms with van der Waals surface area (Å²) in [5.41, 5.74) is 8.17. The fraction of sp³-hybridized carbons (Fsp3) is 0.0400. The summed E-state index contributed by atoms with van der Waals surface area (Å²) >= 11 is 0. The molecule has 2 heterocycles. The number of aromatic nitrogens is 2. The molecule has 0 radical (unpaired) electrons. The third kappa shape index (κ3) is 4.08. The molecule has 3 aromatic carbocycles. The maximum Gasteiger partial charge on any atom is 0.273 e. The van der Waals surface area contributed by atoms with Crippen LogP contribution in [-0.2, 0) is 9.84 Å². The number of hydrazine groups is 1. The Hall–Kier alpha value is -4.24. The van der Waals surface area contributed by atoms with Gasteiger partial charge in [0.1, 0.15) is 11.5 Å². The van der Waals surface area contributed by atoms with E-state index in [1.807, 2.05) is 60.7 Å². The Bertz CT molecular complexity index is 1510. The lowest BCUT2D eigenvalue weighted by molar-refractivity contribution is 0.0943. The predicted molar refractivity (Wildman–Crippen MR) is 126 cm³/mol. The highest BCUT2D eigenvalue weighted by Crippen LogP contribution is 2.29. The van der Waals surface area contributed by atoms with E-state index in [4.69, 9.17) is 0 Å². The van der Waals surface area contributed by atoms with Crippen LogP contribution in [0.3, 0.4) is 0 Å². The first-order valence-electron chi connectivity index (χ1n) is 10.4. The number of nitrogens with one attached hydrogen (secondary N) is 2. The summed E-state index contributed by atoms with van der Waals surface area (Å²) in [6.45, 7) is 0. The fourth-order valence-corrected chi connectivity index (χ4v) is 5.09. The summed E-state index contributed by atoms with van der Waals surface area (Å²) < 4.78 is 40.1. The van der Waals surface area contributed by atoms with Crippen molar-refractivity contribution in [2.24, 2.45) is 0 Å². The average molecular weight is 475 g/mol. The highest BCUT2D eigenvalue weighted by Gasteiger charge is 2.26. The minimum absolute atomic E-state index is 0.00928. The highest BCUT2D eigenvalue weighted by atomic mass is 32.2. The van der Waals surface area contributed by atoms with E-state index < -0.39 is 21.6 Å². The van der Waals surface area contributed by atoms with Gasteiger partial charge in [0.05, 0.1) is 27.6 Å². The third-order valence-corrected chi connectivity index (χ3v) is 7.04. The number of sulfone groups is 1. The minimum atomic E-state index is -3.56. The summed E-state index contributed by atoms with van der Waals surface area (Å²) in [5.74, 6) is -1.32. The standard InChI is InChI=1S/C25H19FN4O3S/c26-18-11-12-23-20(15-18)22(13-14-34(23,32)33)27-28-25(31)21-16-30(19-9-5-2-6-10-19)29-24(21)17-7-3-1-4-8-17/h1-13,15-16,27H,14H2,(H,28,31). The van der Waals surface area contributed by atoms with Gasteiger partial charge < -0.3 is 0 Å². The first-order chi connectivity index (χ1) is 16.4. The molecule has 7 nitrogen and oxygen atoms in total. The van der Waals surface area contributed by atoms with Gasteiger partial charge in [0.25, 0.3) is 5.91 Å². The Morgan fingerprint density at radius 1 is 0.971 bits per heavy atom. The van der Waals surface area contributed by atoms with Crippen molar-refractivity contribution in [3.8, 4) is 16.9 Å². The SMILES string of the molecule is O=C(NNC1=CCS(=O)(=O)c2ccc(F)cc21)c1cn(-c2ccccc2)nc1-c1ccccc1. The number of carbonyl (C=O) groups excluding carboxylic acids is 1. The van der Waals surface area contributed by atoms with Gasteiger partial charge in [0, 0.05) is 17.3 Å². The smallest absolute Gasteiger partial charge is 0.273 e. The van der Waals surface area contributed by atoms with Crippen molar-refractivity contribution >= 4 is 21.4 Å². The number of amides is 1. The second kappa shape index (κ2) is 8.60. The molecule has 1 aliphatic heterocycles. The molecule has 5 rings (SSSR count). The lowest BCUT2D eigenvalue weighted by Crippen LogP contribution is -2.37. The number of rotatable bonds is 5. The molecule has 0 saturated carbocycles. The van der Waals surface area contributed by atoms with Crippen LogP contribution in [0.5, 0.6) is 0 Å². The summed E-state index contributed by atoms with van der Waals surface area (Å²) in [6.07, 6.45) is 3.03. The Morgan fingerprint density at radius 2 is 1.68 bits per heavy atom. The van der Waals surface area contributed by atoms with Gasteiger partial charge in [-0.2, -0.15) is 5.10 Å². The molecule has 0 unspecified atom stereocenters. The van der Waals surface area contributed by atoms with Crippen molar-refractivity contribution in [2.45, 2.75) is 4.90 Å². The molecule has 0 bridgehead atoms. The summed E-state index contributed by atoms with van der Waals surface area (Å²) in [4.78, 5) is 13.2. The van der Waals surface area contributed by atoms with Crippen molar-refractivity contribution < 1.29 is 17.6 Å². The van der Waals surface area contributed by atoms with E-state index in [9.17, 15) is 17.6 Å². The first kappa shape index (κ1) is 21.6. The molecular formula is C25H19FN4O3S. The van der Waals surface area contributed by atoms with Crippen molar-refractivity contribution in [2.75, 3.05) is 5.75 Å². The summed E-state index contributed by atoms with van der Waals surface area (Å²) in [6, 6.07) is 22.1. The Balaban J connectivity index is 1.46. The van der Waals surface area contributed by atoms with Gasteiger partial charge in [-0.25, -0.2) is 17.5 Å². The van der Waals surface area contributed by atoms with Crippen LogP contribution in [0.15, 0.2) is 96.0 Å². The molecular weight excluding hydrogens is 455 g/mol. The van der Waals surface area contributed by atoms with Crippen molar-refractivity contribution in [1.29, 1.82) is 0 Å². The van der Waals surface area contributed by atoms with Gasteiger partial charge in [-0.3, -0.25) is 15.6 Å². The van der Waals surface area contributed by atoms with Crippen molar-refractivity contribution in [1.82, 2.24) is 20.6 Å². The van der Waals surface area contributed by atoms with Gasteiger partial charge in [-0.15, -0.1) is 0 Å². The van der Waals surface area contributed by atoms with Crippen LogP contribution in [-0.4, -0.2) is 29.9 Å². The lowest BCUT2D eigenvalue weighted by Gasteiger charge is -2.19. The largest absolute Gasteiger partial charge is 0.298 e. The van der Waals surface area contributed by atoms with Gasteiger partial charge in [0.2, 0.25) is 0 Å². The predicted octanol–water partition coefficient (Wildman–Crippen LogP) is 3.74. The maximum atomic E-state index is 13.8. The van der Waals surface area contributed by atoms with Crippen LogP contribution >= 0.6 is 0 Å². The monoisotopic (exact) mass is 474 g/mol. The zero-order valence-electron chi connectivity index (χ0n) is 17.8. The zero-order valence-corrected chi connectivity index (χ0v) is 18.6. The molecule has 1 aromatic heterocycles. The van der Waals surface area contributed by atoms with Crippen LogP contribution in [0.4, 0.5) is 4.39 Å². The number of benzene rings is 3. The van der Waals surface area contributed by atoms with Crippen LogP contribution in [0.25, 0.3) is 22.6 Å². The van der Waals surface area contributed by atoms with E-state index >= 15 is 0 Å². The topological polar surface area (TPSA) is 93.1 Å². The first-order valence-corrected chi connectivity index (χ1v) is 12.1. The van der Waals surface area contributed by atoms with Crippen LogP contribution < -0.4 is 10.9 Å². The molecule has 2 N–H and O–H groups in total. The number of hydrogen-bond acceptors (Lipinski definition) is 5. The molecule has 9 heteroatoms. The van der Waals surface area contributed by atoms with Crippen molar-refractivity contribution in [3.05, 3.63) is 108 Å². The van der Waals surface area contributed by atoms with Gasteiger partial charge in [-0.1, -0.05) is 48.5 Å². The van der Waals surface area contributed by atoms with E-state index in [1.54, 1.807) is 10.9 Å². The van der Waals surface area contributed by atoms with E-state index in [0.717, 1.165) is 23.4 Å². The molecule has 0 atom stereocenters. The molecule has 4 aromatic rings.